The molecule has 0 saturated heterocycles. The molecular weight excluding hydrogens is 472 g/mol. The summed E-state index contributed by atoms with van der Waals surface area (Å²) >= 11 is 7.40. The lowest BCUT2D eigenvalue weighted by Gasteiger charge is -2.10. The maximum absolute atomic E-state index is 12.6. The molecule has 4 aromatic rings. The summed E-state index contributed by atoms with van der Waals surface area (Å²) < 4.78 is 1.96. The molecule has 0 fully saturated rings. The Labute approximate surface area is 205 Å². The van der Waals surface area contributed by atoms with Crippen molar-refractivity contribution in [3.63, 3.8) is 0 Å². The fourth-order valence-electron chi connectivity index (χ4n) is 3.24. The minimum absolute atomic E-state index is 0.157. The van der Waals surface area contributed by atoms with Gasteiger partial charge in [0.1, 0.15) is 0 Å². The number of benzene rings is 2. The highest BCUT2D eigenvalue weighted by Crippen LogP contribution is 2.24. The highest BCUT2D eigenvalue weighted by molar-refractivity contribution is 7.99. The number of hydrogen-bond acceptors (Lipinski definition) is 6. The van der Waals surface area contributed by atoms with E-state index in [0.717, 1.165) is 11.4 Å². The maximum atomic E-state index is 12.6. The fourth-order valence-corrected chi connectivity index (χ4v) is 4.26. The molecule has 0 bridgehead atoms. The Hall–Kier alpha value is -3.69. The summed E-state index contributed by atoms with van der Waals surface area (Å²) in [6.45, 7) is 2.67. The smallest absolute Gasteiger partial charge is 0.257 e. The summed E-state index contributed by atoms with van der Waals surface area (Å²) in [6.07, 6.45) is 3.41. The Bertz CT molecular complexity index is 1310. The van der Waals surface area contributed by atoms with Gasteiger partial charge in [0.25, 0.3) is 5.91 Å². The van der Waals surface area contributed by atoms with E-state index in [9.17, 15) is 9.59 Å². The van der Waals surface area contributed by atoms with Crippen LogP contribution in [-0.2, 0) is 11.3 Å². The van der Waals surface area contributed by atoms with Crippen molar-refractivity contribution in [1.82, 2.24) is 19.7 Å². The molecule has 2 heterocycles. The van der Waals surface area contributed by atoms with Crippen LogP contribution in [0, 0.1) is 0 Å². The minimum atomic E-state index is -0.325. The molecule has 34 heavy (non-hydrogen) atoms. The van der Waals surface area contributed by atoms with Crippen LogP contribution in [0.4, 0.5) is 11.4 Å². The molecule has 0 aliphatic carbocycles. The van der Waals surface area contributed by atoms with Crippen LogP contribution in [0.25, 0.3) is 11.4 Å². The summed E-state index contributed by atoms with van der Waals surface area (Å²) in [5, 5.41) is 15.2. The second-order valence-electron chi connectivity index (χ2n) is 7.14. The van der Waals surface area contributed by atoms with Gasteiger partial charge in [0, 0.05) is 35.9 Å². The van der Waals surface area contributed by atoms with Crippen molar-refractivity contribution in [2.45, 2.75) is 18.6 Å². The van der Waals surface area contributed by atoms with Crippen LogP contribution in [0.1, 0.15) is 17.3 Å². The summed E-state index contributed by atoms with van der Waals surface area (Å²) in [6, 6.07) is 17.5. The van der Waals surface area contributed by atoms with Crippen LogP contribution in [-0.4, -0.2) is 37.3 Å². The quantitative estimate of drug-likeness (QED) is 0.336. The Kier molecular flexibility index (Phi) is 7.56. The first-order chi connectivity index (χ1) is 16.5. The number of carbonyl (C=O) groups excluding carboxylic acids is 2. The van der Waals surface area contributed by atoms with Crippen molar-refractivity contribution in [2.24, 2.45) is 0 Å². The number of anilines is 2. The number of rotatable bonds is 8. The van der Waals surface area contributed by atoms with Crippen LogP contribution < -0.4 is 10.6 Å². The minimum Gasteiger partial charge on any atom is -0.325 e. The van der Waals surface area contributed by atoms with E-state index < -0.39 is 0 Å². The first kappa shape index (κ1) is 23.5. The Morgan fingerprint density at radius 1 is 0.971 bits per heavy atom. The second kappa shape index (κ2) is 11.0. The highest BCUT2D eigenvalue weighted by atomic mass is 35.5. The lowest BCUT2D eigenvalue weighted by Crippen LogP contribution is -2.16. The van der Waals surface area contributed by atoms with Crippen molar-refractivity contribution in [3.05, 3.63) is 83.6 Å². The zero-order chi connectivity index (χ0) is 23.9. The summed E-state index contributed by atoms with van der Waals surface area (Å²) in [7, 11) is 0. The van der Waals surface area contributed by atoms with Crippen molar-refractivity contribution < 1.29 is 9.59 Å². The normalized spacial score (nSPS) is 10.6. The lowest BCUT2D eigenvalue weighted by molar-refractivity contribution is -0.113. The molecule has 0 radical (unpaired) electrons. The SMILES string of the molecule is CCn1c(SCC(=O)Nc2cccc(NC(=O)c3ccccc3Cl)c2)nnc1-c1ccncc1. The van der Waals surface area contributed by atoms with E-state index in [1.165, 1.54) is 11.8 Å². The number of aromatic nitrogens is 4. The summed E-state index contributed by atoms with van der Waals surface area (Å²) in [5.74, 6) is 0.365. The van der Waals surface area contributed by atoms with Crippen LogP contribution >= 0.6 is 23.4 Å². The van der Waals surface area contributed by atoms with Gasteiger partial charge in [0.15, 0.2) is 11.0 Å². The third kappa shape index (κ3) is 5.62. The predicted molar refractivity (Wildman–Crippen MR) is 134 cm³/mol. The van der Waals surface area contributed by atoms with Gasteiger partial charge in [-0.1, -0.05) is 41.6 Å². The Morgan fingerprint density at radius 2 is 1.71 bits per heavy atom. The molecule has 10 heteroatoms. The summed E-state index contributed by atoms with van der Waals surface area (Å²) in [5.41, 5.74) is 2.40. The van der Waals surface area contributed by atoms with Crippen LogP contribution in [0.15, 0.2) is 78.2 Å². The lowest BCUT2D eigenvalue weighted by atomic mass is 10.2. The van der Waals surface area contributed by atoms with Crippen LogP contribution in [0.5, 0.6) is 0 Å². The van der Waals surface area contributed by atoms with Gasteiger partial charge in [-0.25, -0.2) is 0 Å². The molecule has 2 N–H and O–H groups in total. The van der Waals surface area contributed by atoms with E-state index in [0.29, 0.717) is 33.7 Å². The van der Waals surface area contributed by atoms with E-state index in [1.54, 1.807) is 60.9 Å². The van der Waals surface area contributed by atoms with Crippen molar-refractivity contribution in [2.75, 3.05) is 16.4 Å². The summed E-state index contributed by atoms with van der Waals surface area (Å²) in [4.78, 5) is 29.1. The van der Waals surface area contributed by atoms with Crippen molar-refractivity contribution in [3.8, 4) is 11.4 Å². The average Bonchev–Trinajstić information content (AvgIpc) is 3.27. The largest absolute Gasteiger partial charge is 0.325 e. The van der Waals surface area contributed by atoms with Gasteiger partial charge < -0.3 is 15.2 Å². The van der Waals surface area contributed by atoms with Gasteiger partial charge in [-0.2, -0.15) is 0 Å². The van der Waals surface area contributed by atoms with E-state index in [1.807, 2.05) is 23.6 Å². The monoisotopic (exact) mass is 492 g/mol. The van der Waals surface area contributed by atoms with Gasteiger partial charge in [0.05, 0.1) is 16.3 Å². The average molecular weight is 493 g/mol. The predicted octanol–water partition coefficient (Wildman–Crippen LogP) is 5.00. The number of pyridine rings is 1. The number of carbonyl (C=O) groups is 2. The zero-order valence-electron chi connectivity index (χ0n) is 18.2. The van der Waals surface area contributed by atoms with Gasteiger partial charge in [-0.3, -0.25) is 14.6 Å². The number of halogens is 1. The van der Waals surface area contributed by atoms with Gasteiger partial charge in [-0.05, 0) is 49.4 Å². The Balaban J connectivity index is 1.37. The topological polar surface area (TPSA) is 102 Å². The first-order valence-corrected chi connectivity index (χ1v) is 11.8. The van der Waals surface area contributed by atoms with Crippen molar-refractivity contribution in [1.29, 1.82) is 0 Å². The molecule has 0 aliphatic heterocycles. The van der Waals surface area contributed by atoms with Crippen LogP contribution in [0.3, 0.4) is 0 Å². The molecule has 4 rings (SSSR count). The molecule has 0 atom stereocenters. The van der Waals surface area contributed by atoms with E-state index in [-0.39, 0.29) is 17.6 Å². The van der Waals surface area contributed by atoms with Gasteiger partial charge in [-0.15, -0.1) is 10.2 Å². The molecule has 0 saturated carbocycles. The number of amides is 2. The third-order valence-electron chi connectivity index (χ3n) is 4.83. The molecule has 8 nitrogen and oxygen atoms in total. The van der Waals surface area contributed by atoms with Gasteiger partial charge in [0.2, 0.25) is 5.91 Å². The molecule has 0 aliphatic rings. The zero-order valence-corrected chi connectivity index (χ0v) is 19.8. The number of thioether (sulfide) groups is 1. The number of hydrogen-bond donors (Lipinski definition) is 2. The molecule has 0 spiro atoms. The third-order valence-corrected chi connectivity index (χ3v) is 6.12. The molecule has 0 unspecified atom stereocenters. The molecule has 2 aromatic heterocycles. The highest BCUT2D eigenvalue weighted by Gasteiger charge is 2.15. The maximum Gasteiger partial charge on any atom is 0.257 e. The molecule has 172 valence electrons. The molecule has 2 amide bonds. The Morgan fingerprint density at radius 3 is 2.44 bits per heavy atom. The number of nitrogens with one attached hydrogen (secondary N) is 2. The van der Waals surface area contributed by atoms with E-state index in [2.05, 4.69) is 25.8 Å². The van der Waals surface area contributed by atoms with Gasteiger partial charge >= 0.3 is 0 Å². The second-order valence-corrected chi connectivity index (χ2v) is 8.49. The fraction of sp³-hybridized carbons (Fsp3) is 0.125. The standard InChI is InChI=1S/C24H21ClN6O2S/c1-2-31-22(16-10-12-26-13-11-16)29-30-24(31)34-15-21(32)27-17-6-5-7-18(14-17)28-23(33)19-8-3-4-9-20(19)25/h3-14H,2,15H2,1H3,(H,27,32)(H,28,33). The first-order valence-electron chi connectivity index (χ1n) is 10.5. The van der Waals surface area contributed by atoms with Crippen molar-refractivity contribution >= 4 is 46.6 Å². The molecular formula is C24H21ClN6O2S. The molecule has 2 aromatic carbocycles. The van der Waals surface area contributed by atoms with Crippen LogP contribution in [0.2, 0.25) is 5.02 Å². The number of nitrogens with zero attached hydrogens (tertiary/aromatic N) is 4. The van der Waals surface area contributed by atoms with E-state index >= 15 is 0 Å². The van der Waals surface area contributed by atoms with E-state index in [4.69, 9.17) is 11.6 Å².